The van der Waals surface area contributed by atoms with Crippen LogP contribution >= 0.6 is 11.8 Å². The molecule has 1 aliphatic rings. The standard InChI is InChI=1S/C15H23NS/c1-15(2,3)14(16)9-8-11-10-17-13-7-5-4-6-12(11)13/h4-7,11,14H,8-10,16H2,1-3H3. The molecule has 2 N–H and O–H groups in total. The van der Waals surface area contributed by atoms with Gasteiger partial charge in [-0.1, -0.05) is 39.0 Å². The van der Waals surface area contributed by atoms with Gasteiger partial charge in [0.25, 0.3) is 0 Å². The van der Waals surface area contributed by atoms with Gasteiger partial charge in [-0.25, -0.2) is 0 Å². The second-order valence-corrected chi connectivity index (χ2v) is 7.16. The van der Waals surface area contributed by atoms with Crippen molar-refractivity contribution in [2.45, 2.75) is 50.5 Å². The monoisotopic (exact) mass is 249 g/mol. The van der Waals surface area contributed by atoms with E-state index < -0.39 is 0 Å². The zero-order valence-corrected chi connectivity index (χ0v) is 11.9. The zero-order valence-electron chi connectivity index (χ0n) is 11.1. The molecule has 1 aromatic carbocycles. The first-order chi connectivity index (χ1) is 7.98. The van der Waals surface area contributed by atoms with Crippen molar-refractivity contribution in [3.05, 3.63) is 29.8 Å². The molecule has 2 rings (SSSR count). The van der Waals surface area contributed by atoms with E-state index in [9.17, 15) is 0 Å². The van der Waals surface area contributed by atoms with Crippen LogP contribution in [0.2, 0.25) is 0 Å². The summed E-state index contributed by atoms with van der Waals surface area (Å²) in [5.41, 5.74) is 8.01. The number of rotatable bonds is 3. The minimum Gasteiger partial charge on any atom is -0.327 e. The highest BCUT2D eigenvalue weighted by molar-refractivity contribution is 7.99. The third-order valence-corrected chi connectivity index (χ3v) is 4.99. The van der Waals surface area contributed by atoms with Gasteiger partial charge in [-0.3, -0.25) is 0 Å². The van der Waals surface area contributed by atoms with Gasteiger partial charge in [-0.2, -0.15) is 0 Å². The van der Waals surface area contributed by atoms with E-state index in [1.165, 1.54) is 17.1 Å². The van der Waals surface area contributed by atoms with E-state index in [0.29, 0.717) is 12.0 Å². The topological polar surface area (TPSA) is 26.0 Å². The lowest BCUT2D eigenvalue weighted by Crippen LogP contribution is -2.35. The summed E-state index contributed by atoms with van der Waals surface area (Å²) < 4.78 is 0. The largest absolute Gasteiger partial charge is 0.327 e. The van der Waals surface area contributed by atoms with Crippen LogP contribution in [0.25, 0.3) is 0 Å². The first kappa shape index (κ1) is 13.0. The summed E-state index contributed by atoms with van der Waals surface area (Å²) in [4.78, 5) is 1.47. The Morgan fingerprint density at radius 2 is 2.06 bits per heavy atom. The maximum Gasteiger partial charge on any atom is 0.0107 e. The molecule has 0 spiro atoms. The minimum absolute atomic E-state index is 0.227. The number of hydrogen-bond acceptors (Lipinski definition) is 2. The summed E-state index contributed by atoms with van der Waals surface area (Å²) in [5.74, 6) is 1.94. The Balaban J connectivity index is 1.94. The Kier molecular flexibility index (Phi) is 3.84. The SMILES string of the molecule is CC(C)(C)C(N)CCC1CSc2ccccc21. The summed E-state index contributed by atoms with van der Waals surface area (Å²) in [6.45, 7) is 6.69. The van der Waals surface area contributed by atoms with Gasteiger partial charge in [-0.05, 0) is 35.8 Å². The van der Waals surface area contributed by atoms with Gasteiger partial charge in [0.15, 0.2) is 0 Å². The Morgan fingerprint density at radius 3 is 2.76 bits per heavy atom. The maximum absolute atomic E-state index is 6.24. The first-order valence-corrected chi connectivity index (χ1v) is 7.44. The van der Waals surface area contributed by atoms with Gasteiger partial charge >= 0.3 is 0 Å². The molecule has 0 aromatic heterocycles. The van der Waals surface area contributed by atoms with E-state index in [2.05, 4.69) is 45.0 Å². The lowest BCUT2D eigenvalue weighted by Gasteiger charge is -2.28. The second kappa shape index (κ2) is 5.03. The summed E-state index contributed by atoms with van der Waals surface area (Å²) in [6.07, 6.45) is 2.35. The Morgan fingerprint density at radius 1 is 1.35 bits per heavy atom. The average molecular weight is 249 g/mol. The molecule has 0 amide bonds. The van der Waals surface area contributed by atoms with E-state index in [1.54, 1.807) is 5.56 Å². The molecule has 2 unspecified atom stereocenters. The molecule has 0 aliphatic carbocycles. The number of fused-ring (bicyclic) bond motifs is 1. The highest BCUT2D eigenvalue weighted by atomic mass is 32.2. The molecule has 0 radical (unpaired) electrons. The average Bonchev–Trinajstić information content (AvgIpc) is 2.68. The Bertz CT molecular complexity index is 381. The first-order valence-electron chi connectivity index (χ1n) is 6.46. The van der Waals surface area contributed by atoms with Gasteiger partial charge in [-0.15, -0.1) is 11.8 Å². The van der Waals surface area contributed by atoms with Crippen molar-refractivity contribution in [2.75, 3.05) is 5.75 Å². The fraction of sp³-hybridized carbons (Fsp3) is 0.600. The number of thioether (sulfide) groups is 1. The summed E-state index contributed by atoms with van der Waals surface area (Å²) in [5, 5.41) is 0. The van der Waals surface area contributed by atoms with Crippen LogP contribution < -0.4 is 5.73 Å². The lowest BCUT2D eigenvalue weighted by atomic mass is 9.82. The van der Waals surface area contributed by atoms with Crippen molar-refractivity contribution in [1.82, 2.24) is 0 Å². The molecule has 0 saturated heterocycles. The minimum atomic E-state index is 0.227. The number of nitrogens with two attached hydrogens (primary N) is 1. The molecule has 2 atom stereocenters. The third kappa shape index (κ3) is 3.05. The molecule has 1 nitrogen and oxygen atoms in total. The quantitative estimate of drug-likeness (QED) is 0.875. The molecule has 94 valence electrons. The normalized spacial score (nSPS) is 21.3. The molecular weight excluding hydrogens is 226 g/mol. The predicted octanol–water partition coefficient (Wildman–Crippen LogP) is 4.03. The van der Waals surface area contributed by atoms with Gasteiger partial charge < -0.3 is 5.73 Å². The highest BCUT2D eigenvalue weighted by Gasteiger charge is 2.26. The van der Waals surface area contributed by atoms with Crippen molar-refractivity contribution in [1.29, 1.82) is 0 Å². The molecule has 0 fully saturated rings. The molecule has 1 aliphatic heterocycles. The lowest BCUT2D eigenvalue weighted by molar-refractivity contribution is 0.297. The van der Waals surface area contributed by atoms with Crippen molar-refractivity contribution in [3.8, 4) is 0 Å². The van der Waals surface area contributed by atoms with Crippen molar-refractivity contribution in [2.24, 2.45) is 11.1 Å². The van der Waals surface area contributed by atoms with Crippen LogP contribution in [0, 0.1) is 5.41 Å². The van der Waals surface area contributed by atoms with Crippen LogP contribution in [-0.2, 0) is 0 Å². The second-order valence-electron chi connectivity index (χ2n) is 6.10. The molecule has 1 aromatic rings. The molecule has 0 bridgehead atoms. The van der Waals surface area contributed by atoms with Crippen LogP contribution in [0.15, 0.2) is 29.2 Å². The smallest absolute Gasteiger partial charge is 0.0107 e. The summed E-state index contributed by atoms with van der Waals surface area (Å²) >= 11 is 1.99. The van der Waals surface area contributed by atoms with Gasteiger partial charge in [0.1, 0.15) is 0 Å². The Labute approximate surface area is 109 Å². The van der Waals surface area contributed by atoms with Gasteiger partial charge in [0.2, 0.25) is 0 Å². The summed E-state index contributed by atoms with van der Waals surface area (Å²) in [6, 6.07) is 9.11. The fourth-order valence-corrected chi connectivity index (χ4v) is 3.59. The molecule has 2 heteroatoms. The van der Waals surface area contributed by atoms with E-state index in [1.807, 2.05) is 11.8 Å². The van der Waals surface area contributed by atoms with Gasteiger partial charge in [0, 0.05) is 16.7 Å². The van der Waals surface area contributed by atoms with Crippen LogP contribution in [-0.4, -0.2) is 11.8 Å². The molecular formula is C15H23NS. The van der Waals surface area contributed by atoms with Crippen molar-refractivity contribution >= 4 is 11.8 Å². The third-order valence-electron chi connectivity index (χ3n) is 3.74. The van der Waals surface area contributed by atoms with Crippen molar-refractivity contribution in [3.63, 3.8) is 0 Å². The van der Waals surface area contributed by atoms with E-state index in [4.69, 9.17) is 5.73 Å². The fourth-order valence-electron chi connectivity index (χ4n) is 2.28. The molecule has 0 saturated carbocycles. The molecule has 17 heavy (non-hydrogen) atoms. The predicted molar refractivity (Wildman–Crippen MR) is 76.6 cm³/mol. The van der Waals surface area contributed by atoms with Crippen LogP contribution in [0.4, 0.5) is 0 Å². The van der Waals surface area contributed by atoms with Crippen LogP contribution in [0.3, 0.4) is 0 Å². The van der Waals surface area contributed by atoms with Crippen LogP contribution in [0.5, 0.6) is 0 Å². The highest BCUT2D eigenvalue weighted by Crippen LogP contribution is 2.42. The van der Waals surface area contributed by atoms with Gasteiger partial charge in [0.05, 0.1) is 0 Å². The summed E-state index contributed by atoms with van der Waals surface area (Å²) in [7, 11) is 0. The maximum atomic E-state index is 6.24. The van der Waals surface area contributed by atoms with Crippen LogP contribution in [0.1, 0.15) is 45.1 Å². The van der Waals surface area contributed by atoms with E-state index >= 15 is 0 Å². The van der Waals surface area contributed by atoms with E-state index in [0.717, 1.165) is 6.42 Å². The van der Waals surface area contributed by atoms with Crippen molar-refractivity contribution < 1.29 is 0 Å². The Hall–Kier alpha value is -0.470. The number of benzene rings is 1. The molecule has 1 heterocycles. The number of hydrogen-bond donors (Lipinski definition) is 1. The van der Waals surface area contributed by atoms with E-state index in [-0.39, 0.29) is 5.41 Å². The zero-order chi connectivity index (χ0) is 12.5.